The second-order valence-corrected chi connectivity index (χ2v) is 9.70. The summed E-state index contributed by atoms with van der Waals surface area (Å²) in [6.07, 6.45) is 5.93. The molecular weight excluding hydrogens is 458 g/mol. The molecule has 0 spiro atoms. The van der Waals surface area contributed by atoms with Crippen molar-refractivity contribution in [2.45, 2.75) is 52.5 Å². The van der Waals surface area contributed by atoms with E-state index in [0.29, 0.717) is 19.1 Å². The number of hydrogen-bond acceptors (Lipinski definition) is 3. The average molecular weight is 496 g/mol. The van der Waals surface area contributed by atoms with Crippen molar-refractivity contribution in [3.63, 3.8) is 0 Å². The quantitative estimate of drug-likeness (QED) is 0.176. The first-order valence-electron chi connectivity index (χ1n) is 13.2. The molecule has 1 amide bonds. The zero-order valence-corrected chi connectivity index (χ0v) is 22.1. The summed E-state index contributed by atoms with van der Waals surface area (Å²) >= 11 is 0. The van der Waals surface area contributed by atoms with Gasteiger partial charge in [0.2, 0.25) is 5.91 Å². The third-order valence-corrected chi connectivity index (χ3v) is 6.41. The van der Waals surface area contributed by atoms with E-state index >= 15 is 0 Å². The maximum Gasteiger partial charge on any atom is 0.243 e. The number of fused-ring (bicyclic) bond motifs is 1. The Kier molecular flexibility index (Phi) is 9.14. The van der Waals surface area contributed by atoms with Gasteiger partial charge in [-0.1, -0.05) is 68.4 Å². The van der Waals surface area contributed by atoms with Gasteiger partial charge in [0.05, 0.1) is 17.6 Å². The van der Waals surface area contributed by atoms with Crippen LogP contribution in [0.4, 0.5) is 0 Å². The van der Waals surface area contributed by atoms with Crippen molar-refractivity contribution in [2.75, 3.05) is 13.2 Å². The van der Waals surface area contributed by atoms with Crippen molar-refractivity contribution in [1.29, 1.82) is 0 Å². The summed E-state index contributed by atoms with van der Waals surface area (Å²) in [5.41, 5.74) is 5.63. The van der Waals surface area contributed by atoms with Gasteiger partial charge in [-0.2, -0.15) is 0 Å². The number of ether oxygens (including phenoxy) is 1. The minimum atomic E-state index is -0.0774. The lowest BCUT2D eigenvalue weighted by atomic mass is 10.0. The first-order chi connectivity index (χ1) is 18.0. The summed E-state index contributed by atoms with van der Waals surface area (Å²) in [5.74, 6) is 2.39. The molecule has 1 N–H and O–H groups in total. The molecule has 1 aromatic heterocycles. The van der Waals surface area contributed by atoms with Crippen LogP contribution in [0.3, 0.4) is 0 Å². The van der Waals surface area contributed by atoms with Crippen LogP contribution in [0.2, 0.25) is 0 Å². The highest BCUT2D eigenvalue weighted by atomic mass is 16.5. The summed E-state index contributed by atoms with van der Waals surface area (Å²) < 4.78 is 8.52. The molecule has 37 heavy (non-hydrogen) atoms. The Hall–Kier alpha value is -3.86. The summed E-state index contributed by atoms with van der Waals surface area (Å²) in [6.45, 7) is 8.59. The van der Waals surface area contributed by atoms with Gasteiger partial charge in [-0.05, 0) is 66.6 Å². The molecule has 0 aliphatic heterocycles. The molecule has 0 unspecified atom stereocenters. The molecule has 0 fully saturated rings. The molecular formula is C32H37N3O2. The lowest BCUT2D eigenvalue weighted by molar-refractivity contribution is -0.116. The van der Waals surface area contributed by atoms with Crippen LogP contribution in [0.5, 0.6) is 5.75 Å². The van der Waals surface area contributed by atoms with E-state index in [9.17, 15) is 4.79 Å². The number of nitrogens with one attached hydrogen (secondary N) is 1. The van der Waals surface area contributed by atoms with Crippen LogP contribution < -0.4 is 10.1 Å². The van der Waals surface area contributed by atoms with E-state index in [-0.39, 0.29) is 5.91 Å². The van der Waals surface area contributed by atoms with Crippen LogP contribution in [0.25, 0.3) is 17.1 Å². The summed E-state index contributed by atoms with van der Waals surface area (Å²) in [4.78, 5) is 17.1. The van der Waals surface area contributed by atoms with Gasteiger partial charge in [0.15, 0.2) is 0 Å². The SMILES string of the molecule is Cc1ccc(C(C)C)c(OCCCn2c(CCCNC(=O)/C=C/c3ccccc3)nc3ccccc32)c1. The highest BCUT2D eigenvalue weighted by molar-refractivity contribution is 5.91. The Labute approximate surface area is 220 Å². The molecule has 3 aromatic carbocycles. The third kappa shape index (κ3) is 7.32. The predicted molar refractivity (Wildman–Crippen MR) is 152 cm³/mol. The molecule has 4 aromatic rings. The zero-order valence-electron chi connectivity index (χ0n) is 22.1. The second-order valence-electron chi connectivity index (χ2n) is 9.70. The van der Waals surface area contributed by atoms with Gasteiger partial charge in [-0.25, -0.2) is 4.98 Å². The second kappa shape index (κ2) is 12.9. The molecule has 4 rings (SSSR count). The van der Waals surface area contributed by atoms with Gasteiger partial charge < -0.3 is 14.6 Å². The van der Waals surface area contributed by atoms with Gasteiger partial charge >= 0.3 is 0 Å². The average Bonchev–Trinajstić information content (AvgIpc) is 3.25. The number of rotatable bonds is 12. The number of benzene rings is 3. The van der Waals surface area contributed by atoms with Crippen LogP contribution >= 0.6 is 0 Å². The van der Waals surface area contributed by atoms with Crippen molar-refractivity contribution in [3.05, 3.63) is 101 Å². The molecule has 0 aliphatic carbocycles. The Morgan fingerprint density at radius 2 is 1.81 bits per heavy atom. The molecule has 0 atom stereocenters. The van der Waals surface area contributed by atoms with E-state index in [1.807, 2.05) is 42.5 Å². The maximum absolute atomic E-state index is 12.2. The predicted octanol–water partition coefficient (Wildman–Crippen LogP) is 6.70. The molecule has 1 heterocycles. The molecule has 0 saturated heterocycles. The molecule has 192 valence electrons. The zero-order chi connectivity index (χ0) is 26.0. The molecule has 0 saturated carbocycles. The highest BCUT2D eigenvalue weighted by Gasteiger charge is 2.12. The lowest BCUT2D eigenvalue weighted by Crippen LogP contribution is -2.22. The minimum Gasteiger partial charge on any atom is -0.493 e. The maximum atomic E-state index is 12.2. The number of amides is 1. The first-order valence-corrected chi connectivity index (χ1v) is 13.2. The molecule has 0 aliphatic rings. The molecule has 5 heteroatoms. The molecule has 0 radical (unpaired) electrons. The largest absolute Gasteiger partial charge is 0.493 e. The Morgan fingerprint density at radius 3 is 2.62 bits per heavy atom. The van der Waals surface area contributed by atoms with Crippen molar-refractivity contribution >= 4 is 23.0 Å². The van der Waals surface area contributed by atoms with Gasteiger partial charge in [0, 0.05) is 25.6 Å². The Morgan fingerprint density at radius 1 is 1.03 bits per heavy atom. The standard InChI is InChI=1S/C32H37N3O2/c1-24(2)27-18-16-25(3)23-30(27)37-22-10-21-35-29-14-8-7-13-28(29)34-31(35)15-9-20-33-32(36)19-17-26-11-5-4-6-12-26/h4-8,11-14,16-19,23-24H,9-10,15,20-22H2,1-3H3,(H,33,36)/b19-17+. The summed E-state index contributed by atoms with van der Waals surface area (Å²) in [5, 5.41) is 2.98. The van der Waals surface area contributed by atoms with Crippen molar-refractivity contribution in [3.8, 4) is 5.75 Å². The van der Waals surface area contributed by atoms with Gasteiger partial charge in [-0.3, -0.25) is 4.79 Å². The fourth-order valence-corrected chi connectivity index (χ4v) is 4.47. The van der Waals surface area contributed by atoms with Crippen LogP contribution in [-0.2, 0) is 17.8 Å². The summed E-state index contributed by atoms with van der Waals surface area (Å²) in [7, 11) is 0. The lowest BCUT2D eigenvalue weighted by Gasteiger charge is -2.15. The van der Waals surface area contributed by atoms with Crippen LogP contribution in [0.15, 0.2) is 78.9 Å². The topological polar surface area (TPSA) is 56.1 Å². The van der Waals surface area contributed by atoms with Crippen molar-refractivity contribution in [2.24, 2.45) is 0 Å². The smallest absolute Gasteiger partial charge is 0.243 e. The third-order valence-electron chi connectivity index (χ3n) is 6.41. The highest BCUT2D eigenvalue weighted by Crippen LogP contribution is 2.27. The molecule has 0 bridgehead atoms. The molecule has 5 nitrogen and oxygen atoms in total. The van der Waals surface area contributed by atoms with Crippen molar-refractivity contribution in [1.82, 2.24) is 14.9 Å². The van der Waals surface area contributed by atoms with Gasteiger partial charge in [-0.15, -0.1) is 0 Å². The van der Waals surface area contributed by atoms with Gasteiger partial charge in [0.1, 0.15) is 11.6 Å². The Bertz CT molecular complexity index is 1340. The fraction of sp³-hybridized carbons (Fsp3) is 0.312. The van der Waals surface area contributed by atoms with E-state index in [0.717, 1.165) is 54.0 Å². The number of nitrogens with zero attached hydrogens (tertiary/aromatic N) is 2. The number of hydrogen-bond donors (Lipinski definition) is 1. The van der Waals surface area contributed by atoms with E-state index in [2.05, 4.69) is 67.1 Å². The number of carbonyl (C=O) groups excluding carboxylic acids is 1. The van der Waals surface area contributed by atoms with Crippen LogP contribution in [0.1, 0.15) is 55.1 Å². The number of imidazole rings is 1. The monoisotopic (exact) mass is 495 g/mol. The van der Waals surface area contributed by atoms with E-state index in [1.165, 1.54) is 11.1 Å². The Balaban J connectivity index is 1.32. The summed E-state index contributed by atoms with van der Waals surface area (Å²) in [6, 6.07) is 24.6. The first kappa shape index (κ1) is 26.2. The van der Waals surface area contributed by atoms with Crippen LogP contribution in [-0.4, -0.2) is 28.6 Å². The van der Waals surface area contributed by atoms with Crippen LogP contribution in [0, 0.1) is 6.92 Å². The number of aryl methyl sites for hydroxylation is 3. The number of carbonyl (C=O) groups is 1. The minimum absolute atomic E-state index is 0.0774. The van der Waals surface area contributed by atoms with E-state index < -0.39 is 0 Å². The number of aromatic nitrogens is 2. The fourth-order valence-electron chi connectivity index (χ4n) is 4.47. The number of para-hydroxylation sites is 2. The van der Waals surface area contributed by atoms with E-state index in [1.54, 1.807) is 6.08 Å². The normalized spacial score (nSPS) is 11.5. The van der Waals surface area contributed by atoms with Crippen molar-refractivity contribution < 1.29 is 9.53 Å². The van der Waals surface area contributed by atoms with Gasteiger partial charge in [0.25, 0.3) is 0 Å². The van der Waals surface area contributed by atoms with E-state index in [4.69, 9.17) is 9.72 Å².